The average Bonchev–Trinajstić information content (AvgIpc) is 3.04. The molecule has 2 aromatic heterocycles. The lowest BCUT2D eigenvalue weighted by Crippen LogP contribution is -2.40. The molecule has 0 bridgehead atoms. The largest absolute Gasteiger partial charge is 0.342 e. The summed E-state index contributed by atoms with van der Waals surface area (Å²) >= 11 is 1.60. The number of carbonyl (C=O) groups is 1. The quantitative estimate of drug-likeness (QED) is 0.873. The Kier molecular flexibility index (Phi) is 4.29. The van der Waals surface area contributed by atoms with Crippen LogP contribution in [-0.2, 0) is 18.3 Å². The van der Waals surface area contributed by atoms with Crippen LogP contribution >= 0.6 is 11.3 Å². The van der Waals surface area contributed by atoms with Crippen LogP contribution in [0.25, 0.3) is 0 Å². The highest BCUT2D eigenvalue weighted by Gasteiger charge is 2.27. The highest BCUT2D eigenvalue weighted by atomic mass is 32.1. The molecule has 0 unspecified atom stereocenters. The molecule has 3 rings (SSSR count). The Labute approximate surface area is 135 Å². The topological polar surface area (TPSA) is 51.0 Å². The van der Waals surface area contributed by atoms with Gasteiger partial charge in [-0.15, -0.1) is 11.3 Å². The number of hydrogen-bond acceptors (Lipinski definition) is 4. The number of nitrogens with zero attached hydrogens (tertiary/aromatic N) is 4. The van der Waals surface area contributed by atoms with Crippen molar-refractivity contribution in [2.45, 2.75) is 39.0 Å². The van der Waals surface area contributed by atoms with E-state index in [0.717, 1.165) is 48.2 Å². The van der Waals surface area contributed by atoms with E-state index < -0.39 is 0 Å². The van der Waals surface area contributed by atoms with Gasteiger partial charge in [-0.25, -0.2) is 9.97 Å². The van der Waals surface area contributed by atoms with Crippen molar-refractivity contribution in [2.24, 2.45) is 7.05 Å². The molecule has 6 heteroatoms. The Morgan fingerprint density at radius 2 is 2.23 bits per heavy atom. The van der Waals surface area contributed by atoms with Gasteiger partial charge in [0.1, 0.15) is 5.82 Å². The first kappa shape index (κ1) is 15.2. The van der Waals surface area contributed by atoms with Gasteiger partial charge in [-0.1, -0.05) is 0 Å². The van der Waals surface area contributed by atoms with Gasteiger partial charge in [0.15, 0.2) is 0 Å². The maximum Gasteiger partial charge on any atom is 0.228 e. The molecule has 1 amide bonds. The van der Waals surface area contributed by atoms with Crippen molar-refractivity contribution in [3.63, 3.8) is 0 Å². The van der Waals surface area contributed by atoms with E-state index in [1.165, 1.54) is 0 Å². The highest BCUT2D eigenvalue weighted by Crippen LogP contribution is 2.26. The second-order valence-electron chi connectivity index (χ2n) is 6.06. The lowest BCUT2D eigenvalue weighted by atomic mass is 9.97. The van der Waals surface area contributed by atoms with Crippen molar-refractivity contribution < 1.29 is 4.79 Å². The van der Waals surface area contributed by atoms with Gasteiger partial charge in [-0.2, -0.15) is 0 Å². The van der Waals surface area contributed by atoms with E-state index in [9.17, 15) is 4.79 Å². The van der Waals surface area contributed by atoms with Crippen molar-refractivity contribution in [3.05, 3.63) is 33.8 Å². The van der Waals surface area contributed by atoms with E-state index in [-0.39, 0.29) is 5.91 Å². The number of carbonyl (C=O) groups excluding carboxylic acids is 1. The van der Waals surface area contributed by atoms with Crippen molar-refractivity contribution in [2.75, 3.05) is 13.1 Å². The van der Waals surface area contributed by atoms with Gasteiger partial charge in [-0.05, 0) is 26.7 Å². The second kappa shape index (κ2) is 6.20. The van der Waals surface area contributed by atoms with Crippen molar-refractivity contribution in [1.82, 2.24) is 19.4 Å². The molecule has 5 nitrogen and oxygen atoms in total. The summed E-state index contributed by atoms with van der Waals surface area (Å²) < 4.78 is 2.10. The maximum atomic E-state index is 12.5. The lowest BCUT2D eigenvalue weighted by molar-refractivity contribution is -0.131. The molecule has 1 fully saturated rings. The third-order valence-electron chi connectivity index (χ3n) is 4.17. The monoisotopic (exact) mass is 318 g/mol. The zero-order chi connectivity index (χ0) is 15.7. The molecule has 3 heterocycles. The number of imidazole rings is 1. The molecule has 0 aliphatic carbocycles. The minimum absolute atomic E-state index is 0.181. The van der Waals surface area contributed by atoms with E-state index in [2.05, 4.69) is 14.5 Å². The van der Waals surface area contributed by atoms with Crippen LogP contribution in [0.15, 0.2) is 11.6 Å². The smallest absolute Gasteiger partial charge is 0.228 e. The van der Waals surface area contributed by atoms with Gasteiger partial charge >= 0.3 is 0 Å². The fraction of sp³-hybridized carbons (Fsp3) is 0.562. The van der Waals surface area contributed by atoms with Crippen LogP contribution in [0, 0.1) is 13.8 Å². The molecule has 1 saturated heterocycles. The minimum Gasteiger partial charge on any atom is -0.342 e. The number of aromatic nitrogens is 3. The predicted molar refractivity (Wildman–Crippen MR) is 87.1 cm³/mol. The average molecular weight is 318 g/mol. The zero-order valence-corrected chi connectivity index (χ0v) is 14.2. The molecule has 0 N–H and O–H groups in total. The number of thiazole rings is 1. The first-order chi connectivity index (χ1) is 10.5. The first-order valence-corrected chi connectivity index (χ1v) is 8.59. The van der Waals surface area contributed by atoms with Crippen LogP contribution in [0.5, 0.6) is 0 Å². The van der Waals surface area contributed by atoms with E-state index in [1.807, 2.05) is 37.4 Å². The van der Waals surface area contributed by atoms with Crippen LogP contribution in [0.1, 0.15) is 41.0 Å². The molecule has 118 valence electrons. The number of aryl methyl sites for hydroxylation is 3. The van der Waals surface area contributed by atoms with Crippen molar-refractivity contribution >= 4 is 17.2 Å². The molecule has 22 heavy (non-hydrogen) atoms. The fourth-order valence-electron chi connectivity index (χ4n) is 3.18. The van der Waals surface area contributed by atoms with E-state index in [4.69, 9.17) is 0 Å². The first-order valence-electron chi connectivity index (χ1n) is 7.71. The Morgan fingerprint density at radius 1 is 1.41 bits per heavy atom. The standard InChI is InChI=1S/C16H22N4OS/c1-11-8-19(3)16(17-11)13-5-4-6-20(9-13)15(21)7-14-10-22-12(2)18-14/h8,10,13H,4-7,9H2,1-3H3/t13-/m0/s1. The Hall–Kier alpha value is -1.69. The van der Waals surface area contributed by atoms with Crippen LogP contribution in [0.2, 0.25) is 0 Å². The highest BCUT2D eigenvalue weighted by molar-refractivity contribution is 7.09. The van der Waals surface area contributed by atoms with E-state index in [1.54, 1.807) is 11.3 Å². The third kappa shape index (κ3) is 3.21. The molecule has 0 saturated carbocycles. The number of rotatable bonds is 3. The van der Waals surface area contributed by atoms with Crippen LogP contribution in [0.4, 0.5) is 0 Å². The van der Waals surface area contributed by atoms with Crippen molar-refractivity contribution in [1.29, 1.82) is 0 Å². The predicted octanol–water partition coefficient (Wildman–Crippen LogP) is 2.44. The van der Waals surface area contributed by atoms with Crippen molar-refractivity contribution in [3.8, 4) is 0 Å². The summed E-state index contributed by atoms with van der Waals surface area (Å²) in [6.45, 7) is 5.60. The molecule has 0 radical (unpaired) electrons. The molecule has 1 aliphatic heterocycles. The summed E-state index contributed by atoms with van der Waals surface area (Å²) in [7, 11) is 2.04. The van der Waals surface area contributed by atoms with Gasteiger partial charge < -0.3 is 9.47 Å². The lowest BCUT2D eigenvalue weighted by Gasteiger charge is -2.32. The summed E-state index contributed by atoms with van der Waals surface area (Å²) in [6.07, 6.45) is 4.60. The molecule has 1 atom stereocenters. The summed E-state index contributed by atoms with van der Waals surface area (Å²) in [5.41, 5.74) is 1.93. The van der Waals surface area contributed by atoms with E-state index in [0.29, 0.717) is 12.3 Å². The summed E-state index contributed by atoms with van der Waals surface area (Å²) in [4.78, 5) is 23.5. The van der Waals surface area contributed by atoms with Gasteiger partial charge in [0, 0.05) is 37.6 Å². The summed E-state index contributed by atoms with van der Waals surface area (Å²) in [6, 6.07) is 0. The summed E-state index contributed by atoms with van der Waals surface area (Å²) in [5.74, 6) is 1.62. The van der Waals surface area contributed by atoms with Gasteiger partial charge in [0.2, 0.25) is 5.91 Å². The van der Waals surface area contributed by atoms with Crippen LogP contribution in [-0.4, -0.2) is 38.4 Å². The van der Waals surface area contributed by atoms with Gasteiger partial charge in [0.05, 0.1) is 22.8 Å². The van der Waals surface area contributed by atoms with Gasteiger partial charge in [0.25, 0.3) is 0 Å². The maximum absolute atomic E-state index is 12.5. The molecular weight excluding hydrogens is 296 g/mol. The Balaban J connectivity index is 1.67. The third-order valence-corrected chi connectivity index (χ3v) is 4.99. The molecule has 2 aromatic rings. The van der Waals surface area contributed by atoms with E-state index >= 15 is 0 Å². The number of likely N-dealkylation sites (tertiary alicyclic amines) is 1. The SMILES string of the molecule is Cc1cn(C)c([C@H]2CCCN(C(=O)Cc3csc(C)n3)C2)n1. The molecular formula is C16H22N4OS. The minimum atomic E-state index is 0.181. The molecule has 1 aliphatic rings. The van der Waals surface area contributed by atoms with Crippen LogP contribution in [0.3, 0.4) is 0 Å². The molecule has 0 aromatic carbocycles. The fourth-order valence-corrected chi connectivity index (χ4v) is 3.80. The summed E-state index contributed by atoms with van der Waals surface area (Å²) in [5, 5.41) is 3.00. The zero-order valence-electron chi connectivity index (χ0n) is 13.4. The Bertz CT molecular complexity index is 675. The van der Waals surface area contributed by atoms with Crippen LogP contribution < -0.4 is 0 Å². The molecule has 0 spiro atoms. The number of amides is 1. The second-order valence-corrected chi connectivity index (χ2v) is 7.13. The number of piperidine rings is 1. The van der Waals surface area contributed by atoms with Gasteiger partial charge in [-0.3, -0.25) is 4.79 Å². The Morgan fingerprint density at radius 3 is 2.86 bits per heavy atom. The normalized spacial score (nSPS) is 18.7. The number of hydrogen-bond donors (Lipinski definition) is 0.